The molecule has 2 N–H and O–H groups in total. The van der Waals surface area contributed by atoms with Gasteiger partial charge in [0, 0.05) is 13.1 Å². The van der Waals surface area contributed by atoms with Gasteiger partial charge >= 0.3 is 6.03 Å². The number of benzene rings is 2. The third-order valence-corrected chi connectivity index (χ3v) is 4.61. The van der Waals surface area contributed by atoms with Crippen molar-refractivity contribution in [3.63, 3.8) is 0 Å². The zero-order valence-electron chi connectivity index (χ0n) is 15.7. The van der Waals surface area contributed by atoms with Crippen LogP contribution in [0.2, 0.25) is 0 Å². The maximum atomic E-state index is 12.5. The molecule has 2 aromatic carbocycles. The molecule has 0 spiro atoms. The fraction of sp³-hybridized carbons (Fsp3) is 0.286. The lowest BCUT2D eigenvalue weighted by Gasteiger charge is -2.13. The summed E-state index contributed by atoms with van der Waals surface area (Å²) in [5.74, 6) is 0.0878. The van der Waals surface area contributed by atoms with E-state index in [0.717, 1.165) is 16.9 Å². The van der Waals surface area contributed by atoms with Crippen LogP contribution >= 0.6 is 0 Å². The molecule has 0 saturated carbocycles. The van der Waals surface area contributed by atoms with Crippen LogP contribution in [0, 0.1) is 0 Å². The largest absolute Gasteiger partial charge is 0.497 e. The minimum atomic E-state index is -0.820. The predicted octanol–water partition coefficient (Wildman–Crippen LogP) is 1.86. The Labute approximate surface area is 163 Å². The van der Waals surface area contributed by atoms with Gasteiger partial charge < -0.3 is 15.4 Å². The second-order valence-electron chi connectivity index (χ2n) is 6.56. The summed E-state index contributed by atoms with van der Waals surface area (Å²) in [6.45, 7) is 0.633. The number of ether oxygens (including phenoxy) is 1. The van der Waals surface area contributed by atoms with Crippen molar-refractivity contribution in [3.8, 4) is 5.75 Å². The van der Waals surface area contributed by atoms with Crippen LogP contribution in [0.5, 0.6) is 5.75 Å². The van der Waals surface area contributed by atoms with E-state index < -0.39 is 12.1 Å². The molecule has 7 heteroatoms. The summed E-state index contributed by atoms with van der Waals surface area (Å²) in [6, 6.07) is 15.7. The average Bonchev–Trinajstić information content (AvgIpc) is 2.98. The van der Waals surface area contributed by atoms with Crippen LogP contribution in [0.15, 0.2) is 54.6 Å². The minimum absolute atomic E-state index is 0.0808. The topological polar surface area (TPSA) is 87.7 Å². The summed E-state index contributed by atoms with van der Waals surface area (Å²) in [6.07, 6.45) is 0.499. The fourth-order valence-corrected chi connectivity index (χ4v) is 3.01. The monoisotopic (exact) mass is 381 g/mol. The number of nitrogens with zero attached hydrogens (tertiary/aromatic N) is 1. The van der Waals surface area contributed by atoms with Crippen LogP contribution in [-0.4, -0.2) is 42.4 Å². The summed E-state index contributed by atoms with van der Waals surface area (Å²) in [5, 5.41) is 5.36. The lowest BCUT2D eigenvalue weighted by molar-refractivity contribution is -0.130. The number of methoxy groups -OCH3 is 1. The molecule has 0 aromatic heterocycles. The molecule has 0 aliphatic carbocycles. The number of hydrogen-bond donors (Lipinski definition) is 2. The molecule has 0 radical (unpaired) electrons. The average molecular weight is 381 g/mol. The van der Waals surface area contributed by atoms with Crippen molar-refractivity contribution in [3.05, 3.63) is 65.7 Å². The lowest BCUT2D eigenvalue weighted by atomic mass is 10.1. The summed E-state index contributed by atoms with van der Waals surface area (Å²) in [7, 11) is 1.59. The van der Waals surface area contributed by atoms with Crippen molar-refractivity contribution in [2.24, 2.45) is 0 Å². The van der Waals surface area contributed by atoms with E-state index in [0.29, 0.717) is 19.5 Å². The molecular weight excluding hydrogens is 358 g/mol. The number of imide groups is 1. The SMILES string of the molecule is COc1ccc(CNC(=O)C[C@H]2NC(=O)N(CCc3ccccc3)C2=O)cc1. The van der Waals surface area contributed by atoms with Gasteiger partial charge in [-0.15, -0.1) is 0 Å². The molecular formula is C21H23N3O4. The number of amides is 4. The quantitative estimate of drug-likeness (QED) is 0.684. The number of rotatable bonds is 8. The molecule has 3 rings (SSSR count). The number of nitrogens with one attached hydrogen (secondary N) is 2. The Bertz CT molecular complexity index is 836. The highest BCUT2D eigenvalue weighted by Gasteiger charge is 2.38. The Morgan fingerprint density at radius 3 is 2.46 bits per heavy atom. The van der Waals surface area contributed by atoms with Crippen LogP contribution in [0.3, 0.4) is 0 Å². The van der Waals surface area contributed by atoms with Crippen molar-refractivity contribution in [2.75, 3.05) is 13.7 Å². The van der Waals surface area contributed by atoms with E-state index in [4.69, 9.17) is 4.74 Å². The molecule has 2 aromatic rings. The summed E-state index contributed by atoms with van der Waals surface area (Å²) in [5.41, 5.74) is 1.96. The van der Waals surface area contributed by atoms with Gasteiger partial charge in [-0.2, -0.15) is 0 Å². The van der Waals surface area contributed by atoms with E-state index in [1.54, 1.807) is 7.11 Å². The van der Waals surface area contributed by atoms with Crippen LogP contribution in [-0.2, 0) is 22.6 Å². The van der Waals surface area contributed by atoms with Crippen LogP contribution in [0.4, 0.5) is 4.79 Å². The smallest absolute Gasteiger partial charge is 0.324 e. The van der Waals surface area contributed by atoms with Crippen LogP contribution in [0.1, 0.15) is 17.5 Å². The van der Waals surface area contributed by atoms with E-state index >= 15 is 0 Å². The first kappa shape index (κ1) is 19.4. The number of carbonyl (C=O) groups is 3. The van der Waals surface area contributed by atoms with E-state index in [9.17, 15) is 14.4 Å². The molecule has 1 aliphatic heterocycles. The molecule has 1 heterocycles. The molecule has 146 valence electrons. The Hall–Kier alpha value is -3.35. The fourth-order valence-electron chi connectivity index (χ4n) is 3.01. The zero-order valence-corrected chi connectivity index (χ0v) is 15.7. The van der Waals surface area contributed by atoms with Gasteiger partial charge in [0.05, 0.1) is 13.5 Å². The molecule has 1 saturated heterocycles. The van der Waals surface area contributed by atoms with E-state index in [2.05, 4.69) is 10.6 Å². The molecule has 4 amide bonds. The molecule has 0 unspecified atom stereocenters. The molecule has 7 nitrogen and oxygen atoms in total. The predicted molar refractivity (Wildman–Crippen MR) is 104 cm³/mol. The Morgan fingerprint density at radius 2 is 1.79 bits per heavy atom. The van der Waals surface area contributed by atoms with Gasteiger partial charge in [-0.25, -0.2) is 4.79 Å². The number of urea groups is 1. The first-order valence-electron chi connectivity index (χ1n) is 9.12. The lowest BCUT2D eigenvalue weighted by Crippen LogP contribution is -2.36. The normalized spacial score (nSPS) is 16.0. The maximum Gasteiger partial charge on any atom is 0.324 e. The number of carbonyl (C=O) groups excluding carboxylic acids is 3. The first-order valence-corrected chi connectivity index (χ1v) is 9.12. The molecule has 28 heavy (non-hydrogen) atoms. The molecule has 1 fully saturated rings. The Balaban J connectivity index is 1.47. The Morgan fingerprint density at radius 1 is 1.07 bits per heavy atom. The number of hydrogen-bond acceptors (Lipinski definition) is 4. The van der Waals surface area contributed by atoms with Gasteiger partial charge in [0.25, 0.3) is 5.91 Å². The first-order chi connectivity index (χ1) is 13.6. The van der Waals surface area contributed by atoms with E-state index in [-0.39, 0.29) is 18.2 Å². The van der Waals surface area contributed by atoms with E-state index in [1.807, 2.05) is 54.6 Å². The Kier molecular flexibility index (Phi) is 6.26. The minimum Gasteiger partial charge on any atom is -0.497 e. The highest BCUT2D eigenvalue weighted by atomic mass is 16.5. The zero-order chi connectivity index (χ0) is 19.9. The van der Waals surface area contributed by atoms with Gasteiger partial charge in [-0.05, 0) is 29.7 Å². The third-order valence-electron chi connectivity index (χ3n) is 4.61. The van der Waals surface area contributed by atoms with Crippen molar-refractivity contribution in [2.45, 2.75) is 25.4 Å². The highest BCUT2D eigenvalue weighted by molar-refractivity contribution is 6.05. The summed E-state index contributed by atoms with van der Waals surface area (Å²) >= 11 is 0. The molecule has 1 aliphatic rings. The van der Waals surface area contributed by atoms with Gasteiger partial charge in [0.1, 0.15) is 11.8 Å². The van der Waals surface area contributed by atoms with Gasteiger partial charge in [0.2, 0.25) is 5.91 Å². The highest BCUT2D eigenvalue weighted by Crippen LogP contribution is 2.13. The summed E-state index contributed by atoms with van der Waals surface area (Å²) in [4.78, 5) is 37.9. The maximum absolute atomic E-state index is 12.5. The second-order valence-corrected chi connectivity index (χ2v) is 6.56. The summed E-state index contributed by atoms with van der Waals surface area (Å²) < 4.78 is 5.09. The second kappa shape index (κ2) is 9.03. The van der Waals surface area contributed by atoms with Crippen LogP contribution < -0.4 is 15.4 Å². The molecule has 1 atom stereocenters. The van der Waals surface area contributed by atoms with Gasteiger partial charge in [-0.1, -0.05) is 42.5 Å². The third kappa shape index (κ3) is 4.88. The van der Waals surface area contributed by atoms with Crippen molar-refractivity contribution < 1.29 is 19.1 Å². The van der Waals surface area contributed by atoms with Crippen molar-refractivity contribution in [1.29, 1.82) is 0 Å². The van der Waals surface area contributed by atoms with Gasteiger partial charge in [-0.3, -0.25) is 14.5 Å². The molecule has 0 bridgehead atoms. The van der Waals surface area contributed by atoms with Crippen molar-refractivity contribution in [1.82, 2.24) is 15.5 Å². The van der Waals surface area contributed by atoms with E-state index in [1.165, 1.54) is 4.90 Å². The van der Waals surface area contributed by atoms with Crippen molar-refractivity contribution >= 4 is 17.8 Å². The standard InChI is InChI=1S/C21H23N3O4/c1-28-17-9-7-16(8-10-17)14-22-19(25)13-18-20(26)24(21(27)23-18)12-11-15-5-3-2-4-6-15/h2-10,18H,11-14H2,1H3,(H,22,25)(H,23,27)/t18-/m1/s1. The van der Waals surface area contributed by atoms with Crippen LogP contribution in [0.25, 0.3) is 0 Å². The van der Waals surface area contributed by atoms with Gasteiger partial charge in [0.15, 0.2) is 0 Å².